The Kier molecular flexibility index (Phi) is 9.48. The second-order valence-electron chi connectivity index (χ2n) is 10.4. The molecule has 2 aromatic carbocycles. The number of hydrogen-bond donors (Lipinski definition) is 0. The van der Waals surface area contributed by atoms with E-state index in [9.17, 15) is 9.59 Å². The van der Waals surface area contributed by atoms with Crippen molar-refractivity contribution in [1.29, 1.82) is 0 Å². The molecule has 3 heterocycles. The third-order valence-corrected chi connectivity index (χ3v) is 10.2. The van der Waals surface area contributed by atoms with Gasteiger partial charge in [-0.1, -0.05) is 46.7 Å². The molecule has 10 heteroatoms. The number of nitrogens with zero attached hydrogens (tertiary/aromatic N) is 3. The van der Waals surface area contributed by atoms with E-state index in [0.717, 1.165) is 33.5 Å². The fourth-order valence-corrected chi connectivity index (χ4v) is 7.42. The SMILES string of the molecule is CCCC1=C(C(=O)OCC)[C@H](c2cc(Br)ccc2OC)n2c(s/c(=C/c3cc(C)n(-c4ccc(C)c(I)c4)c3C)c2=O)=N1. The van der Waals surface area contributed by atoms with Crippen molar-refractivity contribution in [3.05, 3.63) is 110 Å². The van der Waals surface area contributed by atoms with Crippen LogP contribution in [0.15, 0.2) is 68.0 Å². The molecule has 0 spiro atoms. The summed E-state index contributed by atoms with van der Waals surface area (Å²) in [7, 11) is 1.59. The molecular formula is C33H33BrIN3O4S. The van der Waals surface area contributed by atoms with Gasteiger partial charge in [0.25, 0.3) is 5.56 Å². The Labute approximate surface area is 276 Å². The highest BCUT2D eigenvalue weighted by molar-refractivity contribution is 14.1. The number of carbonyl (C=O) groups excluding carboxylic acids is 1. The van der Waals surface area contributed by atoms with E-state index in [4.69, 9.17) is 14.5 Å². The van der Waals surface area contributed by atoms with Crippen LogP contribution in [-0.4, -0.2) is 28.8 Å². The maximum absolute atomic E-state index is 14.3. The number of ether oxygens (including phenoxy) is 2. The lowest BCUT2D eigenvalue weighted by Gasteiger charge is -2.27. The molecule has 4 aromatic rings. The highest BCUT2D eigenvalue weighted by Crippen LogP contribution is 2.38. The van der Waals surface area contributed by atoms with Crippen LogP contribution in [-0.2, 0) is 9.53 Å². The molecule has 224 valence electrons. The molecule has 43 heavy (non-hydrogen) atoms. The van der Waals surface area contributed by atoms with Crippen molar-refractivity contribution in [2.24, 2.45) is 4.99 Å². The molecule has 0 fully saturated rings. The van der Waals surface area contributed by atoms with Crippen LogP contribution in [0.5, 0.6) is 5.75 Å². The number of fused-ring (bicyclic) bond motifs is 1. The second-order valence-corrected chi connectivity index (χ2v) is 13.5. The van der Waals surface area contributed by atoms with Gasteiger partial charge in [-0.25, -0.2) is 9.79 Å². The summed E-state index contributed by atoms with van der Waals surface area (Å²) < 4.78 is 17.6. The average molecular weight is 775 g/mol. The van der Waals surface area contributed by atoms with Crippen LogP contribution >= 0.6 is 49.9 Å². The van der Waals surface area contributed by atoms with E-state index >= 15 is 0 Å². The molecule has 0 saturated carbocycles. The number of halogens is 2. The van der Waals surface area contributed by atoms with Crippen molar-refractivity contribution in [2.75, 3.05) is 13.7 Å². The third-order valence-electron chi connectivity index (χ3n) is 7.55. The summed E-state index contributed by atoms with van der Waals surface area (Å²) in [5.41, 5.74) is 6.83. The molecule has 0 amide bonds. The van der Waals surface area contributed by atoms with Gasteiger partial charge in [-0.05, 0) is 110 Å². The number of aromatic nitrogens is 2. The Hall–Kier alpha value is -2.96. The molecule has 0 radical (unpaired) electrons. The van der Waals surface area contributed by atoms with Crippen LogP contribution in [0, 0.1) is 24.3 Å². The minimum absolute atomic E-state index is 0.212. The standard InChI is InChI=1S/C33H33BrIN3O4S/c1-7-9-26-29(32(40)42-8-2)30(24-16-22(34)11-13-27(24)41-6)38-31(39)28(43-33(38)36-26)15-21-14-19(4)37(20(21)5)23-12-10-18(3)25(35)17-23/h10-17,30H,7-9H2,1-6H3/b28-15+/t30-/m0/s1. The quantitative estimate of drug-likeness (QED) is 0.148. The average Bonchev–Trinajstić information content (AvgIpc) is 3.43. The van der Waals surface area contributed by atoms with Gasteiger partial charge >= 0.3 is 5.97 Å². The molecule has 0 saturated heterocycles. The van der Waals surface area contributed by atoms with Crippen LogP contribution < -0.4 is 19.6 Å². The Balaban J connectivity index is 1.76. The highest BCUT2D eigenvalue weighted by Gasteiger charge is 2.36. The van der Waals surface area contributed by atoms with Crippen LogP contribution in [0.1, 0.15) is 60.8 Å². The first-order valence-electron chi connectivity index (χ1n) is 14.1. The van der Waals surface area contributed by atoms with E-state index < -0.39 is 12.0 Å². The molecule has 5 rings (SSSR count). The number of rotatable bonds is 8. The van der Waals surface area contributed by atoms with Gasteiger partial charge in [-0.15, -0.1) is 0 Å². The molecule has 7 nitrogen and oxygen atoms in total. The fourth-order valence-electron chi connectivity index (χ4n) is 5.53. The number of esters is 1. The predicted octanol–water partition coefficient (Wildman–Crippen LogP) is 6.67. The van der Waals surface area contributed by atoms with Gasteiger partial charge in [-0.2, -0.15) is 0 Å². The zero-order chi connectivity index (χ0) is 31.0. The predicted molar refractivity (Wildman–Crippen MR) is 183 cm³/mol. The topological polar surface area (TPSA) is 74.8 Å². The number of thiazole rings is 1. The van der Waals surface area contributed by atoms with Crippen LogP contribution in [0.3, 0.4) is 0 Å². The zero-order valence-electron chi connectivity index (χ0n) is 25.0. The Morgan fingerprint density at radius 1 is 1.14 bits per heavy atom. The van der Waals surface area contributed by atoms with Gasteiger partial charge in [-0.3, -0.25) is 9.36 Å². The van der Waals surface area contributed by atoms with E-state index in [2.05, 4.69) is 88.1 Å². The van der Waals surface area contributed by atoms with E-state index in [1.165, 1.54) is 20.5 Å². The van der Waals surface area contributed by atoms with Gasteiger partial charge in [0.2, 0.25) is 0 Å². The monoisotopic (exact) mass is 773 g/mol. The smallest absolute Gasteiger partial charge is 0.338 e. The van der Waals surface area contributed by atoms with Gasteiger partial charge in [0, 0.05) is 30.7 Å². The number of benzene rings is 2. The van der Waals surface area contributed by atoms with Gasteiger partial charge in [0.15, 0.2) is 4.80 Å². The van der Waals surface area contributed by atoms with Crippen LogP contribution in [0.25, 0.3) is 11.8 Å². The lowest BCUT2D eigenvalue weighted by atomic mass is 9.93. The molecule has 0 bridgehead atoms. The molecule has 0 unspecified atom stereocenters. The summed E-state index contributed by atoms with van der Waals surface area (Å²) in [6.45, 7) is 10.3. The van der Waals surface area contributed by atoms with Crippen molar-refractivity contribution in [1.82, 2.24) is 9.13 Å². The lowest BCUT2D eigenvalue weighted by molar-refractivity contribution is -0.139. The molecule has 0 aliphatic carbocycles. The van der Waals surface area contributed by atoms with Crippen molar-refractivity contribution < 1.29 is 14.3 Å². The first kappa shape index (κ1) is 31.5. The summed E-state index contributed by atoms with van der Waals surface area (Å²) in [4.78, 5) is 33.2. The number of hydrogen-bond acceptors (Lipinski definition) is 6. The fraction of sp³-hybridized carbons (Fsp3) is 0.303. The van der Waals surface area contributed by atoms with Gasteiger partial charge < -0.3 is 14.0 Å². The van der Waals surface area contributed by atoms with Crippen molar-refractivity contribution in [3.8, 4) is 11.4 Å². The van der Waals surface area contributed by atoms with E-state index in [-0.39, 0.29) is 12.2 Å². The van der Waals surface area contributed by atoms with Crippen molar-refractivity contribution in [2.45, 2.75) is 53.5 Å². The maximum atomic E-state index is 14.3. The van der Waals surface area contributed by atoms with E-state index in [1.807, 2.05) is 31.2 Å². The third kappa shape index (κ3) is 5.93. The molecule has 2 aromatic heterocycles. The molecule has 0 N–H and O–H groups in total. The summed E-state index contributed by atoms with van der Waals surface area (Å²) in [6, 6.07) is 13.4. The van der Waals surface area contributed by atoms with E-state index in [1.54, 1.807) is 18.6 Å². The van der Waals surface area contributed by atoms with Crippen LogP contribution in [0.4, 0.5) is 0 Å². The highest BCUT2D eigenvalue weighted by atomic mass is 127. The number of methoxy groups -OCH3 is 1. The summed E-state index contributed by atoms with van der Waals surface area (Å²) >= 11 is 7.27. The largest absolute Gasteiger partial charge is 0.496 e. The first-order chi connectivity index (χ1) is 20.6. The van der Waals surface area contributed by atoms with Crippen molar-refractivity contribution >= 4 is 61.9 Å². The number of allylic oxidation sites excluding steroid dienone is 1. The molecule has 1 atom stereocenters. The maximum Gasteiger partial charge on any atom is 0.338 e. The summed E-state index contributed by atoms with van der Waals surface area (Å²) in [5, 5.41) is 0. The molecule has 1 aliphatic heterocycles. The Bertz CT molecular complexity index is 1950. The number of carbonyl (C=O) groups is 1. The summed E-state index contributed by atoms with van der Waals surface area (Å²) in [6.07, 6.45) is 3.29. The summed E-state index contributed by atoms with van der Waals surface area (Å²) in [5.74, 6) is 0.0888. The lowest BCUT2D eigenvalue weighted by Crippen LogP contribution is -2.40. The van der Waals surface area contributed by atoms with Crippen molar-refractivity contribution in [3.63, 3.8) is 0 Å². The van der Waals surface area contributed by atoms with Gasteiger partial charge in [0.05, 0.1) is 29.5 Å². The normalized spacial score (nSPS) is 15.0. The molecule has 1 aliphatic rings. The number of aryl methyl sites for hydroxylation is 2. The Morgan fingerprint density at radius 2 is 1.91 bits per heavy atom. The second kappa shape index (κ2) is 13.0. The molecular weight excluding hydrogens is 741 g/mol. The first-order valence-corrected chi connectivity index (χ1v) is 16.8. The van der Waals surface area contributed by atoms with Gasteiger partial charge in [0.1, 0.15) is 11.8 Å². The zero-order valence-corrected chi connectivity index (χ0v) is 29.5. The minimum atomic E-state index is -0.756. The van der Waals surface area contributed by atoms with E-state index in [0.29, 0.717) is 38.3 Å². The van der Waals surface area contributed by atoms with Crippen LogP contribution in [0.2, 0.25) is 0 Å². The minimum Gasteiger partial charge on any atom is -0.496 e. The Morgan fingerprint density at radius 3 is 2.58 bits per heavy atom.